The van der Waals surface area contributed by atoms with Gasteiger partial charge in [-0.25, -0.2) is 0 Å². The fourth-order valence-corrected chi connectivity index (χ4v) is 2.90. The molecule has 0 spiro atoms. The zero-order chi connectivity index (χ0) is 19.8. The van der Waals surface area contributed by atoms with Crippen LogP contribution in [0.3, 0.4) is 0 Å². The summed E-state index contributed by atoms with van der Waals surface area (Å²) in [6.45, 7) is 4.58. The summed E-state index contributed by atoms with van der Waals surface area (Å²) in [5, 5.41) is 0. The third-order valence-electron chi connectivity index (χ3n) is 3.86. The van der Waals surface area contributed by atoms with Crippen LogP contribution in [-0.2, 0) is 6.42 Å². The second-order valence-corrected chi connectivity index (χ2v) is 6.65. The molecular formula is C20H23BrN2O4. The summed E-state index contributed by atoms with van der Waals surface area (Å²) in [5.74, 6) is 0.120. The Labute approximate surface area is 167 Å². The molecule has 0 aliphatic rings. The van der Waals surface area contributed by atoms with Crippen LogP contribution in [0.25, 0.3) is 0 Å². The quantitative estimate of drug-likeness (QED) is 0.648. The number of hydrazine groups is 1. The lowest BCUT2D eigenvalue weighted by atomic mass is 10.1. The lowest BCUT2D eigenvalue weighted by Crippen LogP contribution is -2.41. The molecule has 0 heterocycles. The molecule has 0 fully saturated rings. The molecule has 2 aromatic rings. The molecule has 144 valence electrons. The van der Waals surface area contributed by atoms with Crippen LogP contribution in [0, 0.1) is 0 Å². The monoisotopic (exact) mass is 434 g/mol. The maximum atomic E-state index is 12.4. The van der Waals surface area contributed by atoms with Gasteiger partial charge in [0, 0.05) is 11.1 Å². The molecule has 0 unspecified atom stereocenters. The molecule has 0 bridgehead atoms. The number of benzene rings is 2. The Kier molecular flexibility index (Phi) is 7.67. The van der Waals surface area contributed by atoms with Crippen molar-refractivity contribution in [2.45, 2.75) is 26.7 Å². The molecule has 27 heavy (non-hydrogen) atoms. The molecule has 0 radical (unpaired) electrons. The van der Waals surface area contributed by atoms with Crippen molar-refractivity contribution in [1.82, 2.24) is 10.9 Å². The summed E-state index contributed by atoms with van der Waals surface area (Å²) >= 11 is 3.40. The van der Waals surface area contributed by atoms with Crippen molar-refractivity contribution >= 4 is 27.7 Å². The van der Waals surface area contributed by atoms with Gasteiger partial charge in [0.2, 0.25) is 0 Å². The topological polar surface area (TPSA) is 76.7 Å². The van der Waals surface area contributed by atoms with Crippen LogP contribution in [0.2, 0.25) is 0 Å². The number of nitrogens with one attached hydrogen (secondary N) is 2. The van der Waals surface area contributed by atoms with E-state index in [1.54, 1.807) is 24.3 Å². The number of hydrogen-bond donors (Lipinski definition) is 2. The van der Waals surface area contributed by atoms with E-state index in [4.69, 9.17) is 9.47 Å². The molecule has 2 N–H and O–H groups in total. The van der Waals surface area contributed by atoms with E-state index in [0.717, 1.165) is 18.4 Å². The molecular weight excluding hydrogens is 412 g/mol. The predicted octanol–water partition coefficient (Wildman–Crippen LogP) is 3.88. The van der Waals surface area contributed by atoms with Gasteiger partial charge in [-0.1, -0.05) is 26.0 Å². The minimum atomic E-state index is -0.463. The van der Waals surface area contributed by atoms with Crippen LogP contribution >= 0.6 is 15.9 Å². The highest BCUT2D eigenvalue weighted by atomic mass is 79.9. The second kappa shape index (κ2) is 9.97. The third kappa shape index (κ3) is 5.47. The van der Waals surface area contributed by atoms with Crippen molar-refractivity contribution < 1.29 is 19.1 Å². The molecule has 0 saturated heterocycles. The summed E-state index contributed by atoms with van der Waals surface area (Å²) in [6, 6.07) is 10.4. The molecule has 0 aliphatic heterocycles. The van der Waals surface area contributed by atoms with Crippen LogP contribution in [0.15, 0.2) is 40.9 Å². The van der Waals surface area contributed by atoms with Crippen LogP contribution in [0.1, 0.15) is 46.5 Å². The van der Waals surface area contributed by atoms with Crippen molar-refractivity contribution in [1.29, 1.82) is 0 Å². The minimum Gasteiger partial charge on any atom is -0.493 e. The average molecular weight is 435 g/mol. The molecule has 6 nitrogen and oxygen atoms in total. The number of hydrogen-bond acceptors (Lipinski definition) is 4. The molecule has 2 rings (SSSR count). The highest BCUT2D eigenvalue weighted by Gasteiger charge is 2.16. The summed E-state index contributed by atoms with van der Waals surface area (Å²) in [7, 11) is 1.50. The van der Waals surface area contributed by atoms with Gasteiger partial charge in [-0.2, -0.15) is 0 Å². The zero-order valence-electron chi connectivity index (χ0n) is 15.6. The van der Waals surface area contributed by atoms with Crippen molar-refractivity contribution in [3.8, 4) is 11.5 Å². The number of halogens is 1. The number of carbonyl (C=O) groups excluding carboxylic acids is 2. The van der Waals surface area contributed by atoms with Gasteiger partial charge < -0.3 is 9.47 Å². The largest absolute Gasteiger partial charge is 0.493 e. The van der Waals surface area contributed by atoms with Gasteiger partial charge in [-0.3, -0.25) is 20.4 Å². The van der Waals surface area contributed by atoms with E-state index < -0.39 is 5.91 Å². The predicted molar refractivity (Wildman–Crippen MR) is 107 cm³/mol. The fraction of sp³-hybridized carbons (Fsp3) is 0.300. The first-order valence-electron chi connectivity index (χ1n) is 8.70. The highest BCUT2D eigenvalue weighted by Crippen LogP contribution is 2.36. The molecule has 0 saturated carbocycles. The molecule has 0 aromatic heterocycles. The molecule has 0 aliphatic carbocycles. The summed E-state index contributed by atoms with van der Waals surface area (Å²) in [4.78, 5) is 24.5. The first kappa shape index (κ1) is 20.8. The lowest BCUT2D eigenvalue weighted by Gasteiger charge is -2.14. The van der Waals surface area contributed by atoms with Crippen LogP contribution < -0.4 is 20.3 Å². The number of amides is 2. The SMILES string of the molecule is CCCOc1c(Br)cc(C(=O)NNC(=O)c2ccc(CC)cc2)cc1OC. The Morgan fingerprint density at radius 1 is 1.00 bits per heavy atom. The van der Waals surface area contributed by atoms with Gasteiger partial charge in [-0.05, 0) is 58.6 Å². The van der Waals surface area contributed by atoms with Gasteiger partial charge in [0.25, 0.3) is 11.8 Å². The summed E-state index contributed by atoms with van der Waals surface area (Å²) < 4.78 is 11.6. The number of methoxy groups -OCH3 is 1. The highest BCUT2D eigenvalue weighted by molar-refractivity contribution is 9.10. The fourth-order valence-electron chi connectivity index (χ4n) is 2.34. The number of carbonyl (C=O) groups is 2. The maximum Gasteiger partial charge on any atom is 0.269 e. The van der Waals surface area contributed by atoms with Gasteiger partial charge in [0.15, 0.2) is 11.5 Å². The second-order valence-electron chi connectivity index (χ2n) is 5.80. The van der Waals surface area contributed by atoms with Gasteiger partial charge in [-0.15, -0.1) is 0 Å². The Morgan fingerprint density at radius 3 is 2.19 bits per heavy atom. The molecule has 7 heteroatoms. The van der Waals surface area contributed by atoms with E-state index in [1.165, 1.54) is 7.11 Å². The van der Waals surface area contributed by atoms with Crippen molar-refractivity contribution in [3.63, 3.8) is 0 Å². The van der Waals surface area contributed by atoms with E-state index in [-0.39, 0.29) is 5.91 Å². The van der Waals surface area contributed by atoms with E-state index in [2.05, 4.69) is 26.8 Å². The first-order valence-corrected chi connectivity index (χ1v) is 9.49. The van der Waals surface area contributed by atoms with Gasteiger partial charge in [0.1, 0.15) is 0 Å². The van der Waals surface area contributed by atoms with Crippen molar-refractivity contribution in [3.05, 3.63) is 57.6 Å². The average Bonchev–Trinajstić information content (AvgIpc) is 2.70. The molecule has 2 aromatic carbocycles. The minimum absolute atomic E-state index is 0.323. The Bertz CT molecular complexity index is 806. The van der Waals surface area contributed by atoms with Crippen LogP contribution in [0.4, 0.5) is 0 Å². The smallest absolute Gasteiger partial charge is 0.269 e. The molecule has 0 atom stereocenters. The van der Waals surface area contributed by atoms with Crippen LogP contribution in [0.5, 0.6) is 11.5 Å². The number of ether oxygens (including phenoxy) is 2. The zero-order valence-corrected chi connectivity index (χ0v) is 17.2. The van der Waals surface area contributed by atoms with Crippen LogP contribution in [-0.4, -0.2) is 25.5 Å². The van der Waals surface area contributed by atoms with E-state index in [1.807, 2.05) is 26.0 Å². The summed E-state index contributed by atoms with van der Waals surface area (Å²) in [6.07, 6.45) is 1.75. The Morgan fingerprint density at radius 2 is 1.63 bits per heavy atom. The molecule has 2 amide bonds. The Balaban J connectivity index is 2.06. The van der Waals surface area contributed by atoms with Crippen molar-refractivity contribution in [2.75, 3.05) is 13.7 Å². The van der Waals surface area contributed by atoms with E-state index in [0.29, 0.717) is 33.7 Å². The maximum absolute atomic E-state index is 12.4. The van der Waals surface area contributed by atoms with Gasteiger partial charge >= 0.3 is 0 Å². The Hall–Kier alpha value is -2.54. The van der Waals surface area contributed by atoms with Gasteiger partial charge in [0.05, 0.1) is 18.2 Å². The summed E-state index contributed by atoms with van der Waals surface area (Å²) in [5.41, 5.74) is 6.75. The third-order valence-corrected chi connectivity index (χ3v) is 4.45. The normalized spacial score (nSPS) is 10.2. The number of aryl methyl sites for hydroxylation is 1. The number of rotatable bonds is 7. The lowest BCUT2D eigenvalue weighted by molar-refractivity contribution is 0.0846. The van der Waals surface area contributed by atoms with E-state index >= 15 is 0 Å². The standard InChI is InChI=1S/C20H23BrN2O4/c1-4-10-27-18-16(21)11-15(12-17(18)26-3)20(25)23-22-19(24)14-8-6-13(5-2)7-9-14/h6-9,11-12H,4-5,10H2,1-3H3,(H,22,24)(H,23,25). The van der Waals surface area contributed by atoms with Crippen molar-refractivity contribution in [2.24, 2.45) is 0 Å². The first-order chi connectivity index (χ1) is 13.0. The van der Waals surface area contributed by atoms with E-state index in [9.17, 15) is 9.59 Å².